The SMILES string of the molecule is Fc1cc2cc(C3CCC4CCCCC4C3)ccc2c(F)c1C#CC(F)(F)F. The molecule has 2 saturated carbocycles. The molecule has 2 fully saturated rings. The molecule has 0 radical (unpaired) electrons. The van der Waals surface area contributed by atoms with E-state index in [-0.39, 0.29) is 5.39 Å². The van der Waals surface area contributed by atoms with Crippen LogP contribution in [0.15, 0.2) is 24.3 Å². The maximum absolute atomic E-state index is 14.6. The standard InChI is InChI=1S/C23H21F5/c24-21-13-18-12-17(16-6-5-14-3-1-2-4-15(14)11-16)7-8-19(18)22(25)20(21)9-10-23(26,27)28/h7-8,12-16H,1-6,11H2. The average molecular weight is 392 g/mol. The zero-order valence-electron chi connectivity index (χ0n) is 15.4. The lowest BCUT2D eigenvalue weighted by Crippen LogP contribution is -2.26. The molecular weight excluding hydrogens is 371 g/mol. The third-order valence-corrected chi connectivity index (χ3v) is 6.39. The predicted octanol–water partition coefficient (Wildman–Crippen LogP) is 7.11. The first-order valence-electron chi connectivity index (χ1n) is 9.83. The second kappa shape index (κ2) is 7.39. The Labute approximate surface area is 161 Å². The van der Waals surface area contributed by atoms with Gasteiger partial charge in [0.15, 0.2) is 0 Å². The van der Waals surface area contributed by atoms with Crippen LogP contribution in [0.1, 0.15) is 62.0 Å². The number of hydrogen-bond donors (Lipinski definition) is 0. The lowest BCUT2D eigenvalue weighted by molar-refractivity contribution is -0.0696. The van der Waals surface area contributed by atoms with Crippen molar-refractivity contribution in [3.63, 3.8) is 0 Å². The molecule has 2 aliphatic carbocycles. The van der Waals surface area contributed by atoms with E-state index in [1.54, 1.807) is 18.1 Å². The van der Waals surface area contributed by atoms with Crippen molar-refractivity contribution in [2.24, 2.45) is 11.8 Å². The van der Waals surface area contributed by atoms with E-state index in [1.807, 2.05) is 6.07 Å². The Balaban J connectivity index is 1.65. The van der Waals surface area contributed by atoms with Crippen LogP contribution in [0, 0.1) is 35.3 Å². The largest absolute Gasteiger partial charge is 0.458 e. The Morgan fingerprint density at radius 1 is 0.893 bits per heavy atom. The third-order valence-electron chi connectivity index (χ3n) is 6.39. The first kappa shape index (κ1) is 19.2. The van der Waals surface area contributed by atoms with Crippen molar-refractivity contribution in [2.45, 2.75) is 57.0 Å². The summed E-state index contributed by atoms with van der Waals surface area (Å²) in [5.74, 6) is 2.37. The van der Waals surface area contributed by atoms with Gasteiger partial charge in [-0.2, -0.15) is 13.2 Å². The summed E-state index contributed by atoms with van der Waals surface area (Å²) in [5, 5.41) is 0.471. The van der Waals surface area contributed by atoms with Gasteiger partial charge in [-0.25, -0.2) is 8.78 Å². The molecule has 28 heavy (non-hydrogen) atoms. The molecule has 0 aliphatic heterocycles. The van der Waals surface area contributed by atoms with Crippen LogP contribution >= 0.6 is 0 Å². The van der Waals surface area contributed by atoms with E-state index in [9.17, 15) is 22.0 Å². The third kappa shape index (κ3) is 3.87. The molecule has 0 saturated heterocycles. The summed E-state index contributed by atoms with van der Waals surface area (Å²) < 4.78 is 65.7. The fraction of sp³-hybridized carbons (Fsp3) is 0.478. The minimum atomic E-state index is -4.80. The Hall–Kier alpha value is -2.09. The normalized spacial score (nSPS) is 25.1. The van der Waals surface area contributed by atoms with Gasteiger partial charge in [0.25, 0.3) is 0 Å². The van der Waals surface area contributed by atoms with Crippen molar-refractivity contribution in [3.8, 4) is 11.8 Å². The van der Waals surface area contributed by atoms with Gasteiger partial charge in [0.05, 0.1) is 5.56 Å². The maximum atomic E-state index is 14.6. The zero-order chi connectivity index (χ0) is 19.9. The van der Waals surface area contributed by atoms with Gasteiger partial charge in [0, 0.05) is 11.3 Å². The van der Waals surface area contributed by atoms with Crippen molar-refractivity contribution < 1.29 is 22.0 Å². The molecule has 2 aromatic carbocycles. The summed E-state index contributed by atoms with van der Waals surface area (Å²) in [4.78, 5) is 0. The van der Waals surface area contributed by atoms with E-state index in [1.165, 1.54) is 32.1 Å². The summed E-state index contributed by atoms with van der Waals surface area (Å²) in [5.41, 5.74) is 0.227. The van der Waals surface area contributed by atoms with Crippen LogP contribution in [0.2, 0.25) is 0 Å². The number of alkyl halides is 3. The second-order valence-corrected chi connectivity index (χ2v) is 8.09. The van der Waals surface area contributed by atoms with Crippen molar-refractivity contribution in [1.29, 1.82) is 0 Å². The smallest absolute Gasteiger partial charge is 0.205 e. The molecule has 0 bridgehead atoms. The minimum absolute atomic E-state index is 0.1000. The lowest BCUT2D eigenvalue weighted by Gasteiger charge is -2.39. The molecule has 4 rings (SSSR count). The molecule has 5 heteroatoms. The van der Waals surface area contributed by atoms with E-state index in [0.717, 1.165) is 42.2 Å². The van der Waals surface area contributed by atoms with E-state index < -0.39 is 23.4 Å². The molecule has 2 aromatic rings. The summed E-state index contributed by atoms with van der Waals surface area (Å²) in [6.45, 7) is 0. The number of benzene rings is 2. The summed E-state index contributed by atoms with van der Waals surface area (Å²) in [6.07, 6.45) is 3.76. The first-order valence-corrected chi connectivity index (χ1v) is 9.83. The highest BCUT2D eigenvalue weighted by Crippen LogP contribution is 2.46. The van der Waals surface area contributed by atoms with Gasteiger partial charge in [-0.15, -0.1) is 0 Å². The molecule has 0 spiro atoms. The van der Waals surface area contributed by atoms with Crippen LogP contribution in [0.5, 0.6) is 0 Å². The quantitative estimate of drug-likeness (QED) is 0.358. The van der Waals surface area contributed by atoms with Gasteiger partial charge >= 0.3 is 6.18 Å². The van der Waals surface area contributed by atoms with E-state index in [2.05, 4.69) is 0 Å². The van der Waals surface area contributed by atoms with Crippen LogP contribution in [0.25, 0.3) is 10.8 Å². The highest BCUT2D eigenvalue weighted by Gasteiger charge is 2.32. The number of hydrogen-bond acceptors (Lipinski definition) is 0. The maximum Gasteiger partial charge on any atom is 0.458 e. The fourth-order valence-electron chi connectivity index (χ4n) is 5.03. The van der Waals surface area contributed by atoms with E-state index in [0.29, 0.717) is 11.3 Å². The fourth-order valence-corrected chi connectivity index (χ4v) is 5.03. The zero-order valence-corrected chi connectivity index (χ0v) is 15.4. The molecular formula is C23H21F5. The molecule has 3 atom stereocenters. The van der Waals surface area contributed by atoms with Crippen LogP contribution in [-0.4, -0.2) is 6.18 Å². The topological polar surface area (TPSA) is 0 Å². The lowest BCUT2D eigenvalue weighted by atomic mass is 9.66. The second-order valence-electron chi connectivity index (χ2n) is 8.09. The van der Waals surface area contributed by atoms with Crippen molar-refractivity contribution in [1.82, 2.24) is 0 Å². The van der Waals surface area contributed by atoms with E-state index >= 15 is 0 Å². The van der Waals surface area contributed by atoms with Crippen LogP contribution in [0.3, 0.4) is 0 Å². The van der Waals surface area contributed by atoms with Crippen LogP contribution < -0.4 is 0 Å². The molecule has 2 aliphatic rings. The molecule has 3 unspecified atom stereocenters. The van der Waals surface area contributed by atoms with Crippen molar-refractivity contribution in [2.75, 3.05) is 0 Å². The molecule has 148 valence electrons. The van der Waals surface area contributed by atoms with Gasteiger partial charge < -0.3 is 0 Å². The van der Waals surface area contributed by atoms with Crippen LogP contribution in [-0.2, 0) is 0 Å². The first-order chi connectivity index (χ1) is 13.3. The number of rotatable bonds is 1. The predicted molar refractivity (Wildman–Crippen MR) is 98.8 cm³/mol. The van der Waals surface area contributed by atoms with Crippen molar-refractivity contribution in [3.05, 3.63) is 47.0 Å². The Morgan fingerprint density at radius 2 is 1.64 bits per heavy atom. The molecule has 0 nitrogen and oxygen atoms in total. The highest BCUT2D eigenvalue weighted by atomic mass is 19.4. The Kier molecular flexibility index (Phi) is 5.07. The molecule has 0 amide bonds. The monoisotopic (exact) mass is 392 g/mol. The summed E-state index contributed by atoms with van der Waals surface area (Å²) >= 11 is 0. The van der Waals surface area contributed by atoms with E-state index in [4.69, 9.17) is 0 Å². The molecule has 0 N–H and O–H groups in total. The van der Waals surface area contributed by atoms with Gasteiger partial charge in [-0.3, -0.25) is 0 Å². The van der Waals surface area contributed by atoms with Gasteiger partial charge in [-0.1, -0.05) is 49.8 Å². The number of halogens is 5. The minimum Gasteiger partial charge on any atom is -0.205 e. The number of fused-ring (bicyclic) bond motifs is 2. The van der Waals surface area contributed by atoms with Gasteiger partial charge in [-0.05, 0) is 54.0 Å². The Bertz CT molecular complexity index is 947. The summed E-state index contributed by atoms with van der Waals surface area (Å²) in [7, 11) is 0. The summed E-state index contributed by atoms with van der Waals surface area (Å²) in [6, 6.07) is 6.26. The average Bonchev–Trinajstić information content (AvgIpc) is 2.66. The molecule has 0 aromatic heterocycles. The Morgan fingerprint density at radius 3 is 2.39 bits per heavy atom. The van der Waals surface area contributed by atoms with Crippen molar-refractivity contribution >= 4 is 10.8 Å². The highest BCUT2D eigenvalue weighted by molar-refractivity contribution is 5.85. The van der Waals surface area contributed by atoms with Crippen LogP contribution in [0.4, 0.5) is 22.0 Å². The molecule has 0 heterocycles. The van der Waals surface area contributed by atoms with Gasteiger partial charge in [0.2, 0.25) is 0 Å². The van der Waals surface area contributed by atoms with Gasteiger partial charge in [0.1, 0.15) is 11.6 Å².